The Morgan fingerprint density at radius 2 is 1.86 bits per heavy atom. The Bertz CT molecular complexity index is 889. The van der Waals surface area contributed by atoms with Crippen LogP contribution in [0.3, 0.4) is 0 Å². The van der Waals surface area contributed by atoms with Crippen LogP contribution >= 0.6 is 0 Å². The lowest BCUT2D eigenvalue weighted by atomic mass is 10.0. The fourth-order valence-corrected chi connectivity index (χ4v) is 3.94. The van der Waals surface area contributed by atoms with E-state index in [1.54, 1.807) is 4.90 Å². The van der Waals surface area contributed by atoms with E-state index in [1.165, 1.54) is 6.07 Å². The molecule has 1 aromatic carbocycles. The number of halogens is 1. The summed E-state index contributed by atoms with van der Waals surface area (Å²) in [5.41, 5.74) is 0.0403. The van der Waals surface area contributed by atoms with Gasteiger partial charge in [0.2, 0.25) is 11.8 Å². The molecule has 0 aliphatic carbocycles. The molecule has 2 fully saturated rings. The number of hydrogen-bond donors (Lipinski definition) is 3. The molecule has 9 nitrogen and oxygen atoms in total. The number of piperidine rings is 1. The molecule has 0 spiro atoms. The van der Waals surface area contributed by atoms with Crippen molar-refractivity contribution in [3.8, 4) is 0 Å². The lowest BCUT2D eigenvalue weighted by Crippen LogP contribution is -2.54. The largest absolute Gasteiger partial charge is 0.394 e. The van der Waals surface area contributed by atoms with Crippen LogP contribution in [0.2, 0.25) is 0 Å². The summed E-state index contributed by atoms with van der Waals surface area (Å²) in [6.07, 6.45) is 0.0538. The van der Waals surface area contributed by atoms with Gasteiger partial charge in [-0.15, -0.1) is 0 Å². The first-order chi connectivity index (χ1) is 13.4. The second-order valence-corrected chi connectivity index (χ2v) is 7.03. The molecule has 10 heteroatoms. The van der Waals surface area contributed by atoms with E-state index in [1.807, 2.05) is 0 Å². The molecule has 3 aliphatic rings. The topological polar surface area (TPSA) is 119 Å². The second kappa shape index (κ2) is 6.95. The maximum absolute atomic E-state index is 14.8. The van der Waals surface area contributed by atoms with Crippen molar-refractivity contribution < 1.29 is 28.7 Å². The molecule has 4 amide bonds. The van der Waals surface area contributed by atoms with Crippen molar-refractivity contribution in [2.45, 2.75) is 24.9 Å². The average Bonchev–Trinajstić information content (AvgIpc) is 2.91. The second-order valence-electron chi connectivity index (χ2n) is 7.03. The van der Waals surface area contributed by atoms with E-state index in [0.717, 1.165) is 11.0 Å². The van der Waals surface area contributed by atoms with Crippen molar-refractivity contribution in [1.29, 1.82) is 0 Å². The SMILES string of the molecule is O=C1CCC(N2C(=O)c3cc(F)c(N4CCNCC4CO)cc3C2=O)C(=O)N1. The zero-order valence-corrected chi connectivity index (χ0v) is 14.9. The number of aliphatic hydroxyl groups is 1. The summed E-state index contributed by atoms with van der Waals surface area (Å²) in [7, 11) is 0. The minimum Gasteiger partial charge on any atom is -0.394 e. The van der Waals surface area contributed by atoms with Gasteiger partial charge in [0.25, 0.3) is 11.8 Å². The van der Waals surface area contributed by atoms with Crippen LogP contribution in [0.5, 0.6) is 0 Å². The average molecular weight is 390 g/mol. The molecule has 2 atom stereocenters. The first-order valence-electron chi connectivity index (χ1n) is 9.05. The fraction of sp³-hybridized carbons (Fsp3) is 0.444. The highest BCUT2D eigenvalue weighted by atomic mass is 19.1. The Kier molecular flexibility index (Phi) is 4.60. The summed E-state index contributed by atoms with van der Waals surface area (Å²) in [5.74, 6) is -3.29. The molecule has 1 aromatic rings. The number of piperazine rings is 1. The summed E-state index contributed by atoms with van der Waals surface area (Å²) in [6.45, 7) is 1.28. The highest BCUT2D eigenvalue weighted by Gasteiger charge is 2.45. The third-order valence-electron chi connectivity index (χ3n) is 5.38. The van der Waals surface area contributed by atoms with E-state index in [4.69, 9.17) is 0 Å². The van der Waals surface area contributed by atoms with Gasteiger partial charge in [0.15, 0.2) is 0 Å². The summed E-state index contributed by atoms with van der Waals surface area (Å²) in [5, 5.41) is 14.8. The number of carbonyl (C=O) groups is 4. The van der Waals surface area contributed by atoms with Crippen LogP contribution in [0, 0.1) is 5.82 Å². The Hall–Kier alpha value is -2.85. The molecule has 2 saturated heterocycles. The van der Waals surface area contributed by atoms with Crippen LogP contribution in [0.4, 0.5) is 10.1 Å². The van der Waals surface area contributed by atoms with Gasteiger partial charge in [-0.3, -0.25) is 29.4 Å². The molecule has 0 radical (unpaired) electrons. The smallest absolute Gasteiger partial charge is 0.262 e. The molecular weight excluding hydrogens is 371 g/mol. The van der Waals surface area contributed by atoms with Crippen LogP contribution in [-0.4, -0.2) is 72.0 Å². The van der Waals surface area contributed by atoms with E-state index in [0.29, 0.717) is 19.6 Å². The lowest BCUT2D eigenvalue weighted by Gasteiger charge is -2.37. The number of fused-ring (bicyclic) bond motifs is 1. The number of benzene rings is 1. The first kappa shape index (κ1) is 18.5. The first-order valence-corrected chi connectivity index (χ1v) is 9.05. The van der Waals surface area contributed by atoms with E-state index < -0.39 is 35.5 Å². The minimum absolute atomic E-state index is 0.0151. The summed E-state index contributed by atoms with van der Waals surface area (Å²) >= 11 is 0. The van der Waals surface area contributed by atoms with E-state index >= 15 is 0 Å². The van der Waals surface area contributed by atoms with E-state index in [9.17, 15) is 28.7 Å². The summed E-state index contributed by atoms with van der Waals surface area (Å²) < 4.78 is 14.8. The van der Waals surface area contributed by atoms with Crippen molar-refractivity contribution in [2.75, 3.05) is 31.1 Å². The molecule has 28 heavy (non-hydrogen) atoms. The number of rotatable bonds is 3. The Morgan fingerprint density at radius 1 is 1.14 bits per heavy atom. The number of carbonyl (C=O) groups excluding carboxylic acids is 4. The zero-order valence-electron chi connectivity index (χ0n) is 14.9. The van der Waals surface area contributed by atoms with Gasteiger partial charge in [0.1, 0.15) is 11.9 Å². The van der Waals surface area contributed by atoms with Crippen LogP contribution in [0.15, 0.2) is 12.1 Å². The van der Waals surface area contributed by atoms with Gasteiger partial charge in [-0.1, -0.05) is 0 Å². The van der Waals surface area contributed by atoms with Crippen LogP contribution in [0.25, 0.3) is 0 Å². The predicted octanol–water partition coefficient (Wildman–Crippen LogP) is -1.00. The van der Waals surface area contributed by atoms with Gasteiger partial charge in [-0.2, -0.15) is 0 Å². The number of nitrogens with zero attached hydrogens (tertiary/aromatic N) is 2. The monoisotopic (exact) mass is 390 g/mol. The molecule has 0 bridgehead atoms. The Morgan fingerprint density at radius 3 is 2.54 bits per heavy atom. The molecule has 3 heterocycles. The van der Waals surface area contributed by atoms with Gasteiger partial charge >= 0.3 is 0 Å². The number of nitrogens with one attached hydrogen (secondary N) is 2. The molecule has 0 saturated carbocycles. The molecular formula is C18H19FN4O5. The third-order valence-corrected chi connectivity index (χ3v) is 5.38. The van der Waals surface area contributed by atoms with Crippen molar-refractivity contribution in [1.82, 2.24) is 15.5 Å². The van der Waals surface area contributed by atoms with Crippen LogP contribution in [-0.2, 0) is 9.59 Å². The predicted molar refractivity (Wildman–Crippen MR) is 94.2 cm³/mol. The Balaban J connectivity index is 1.69. The normalized spacial score (nSPS) is 25.2. The van der Waals surface area contributed by atoms with Gasteiger partial charge < -0.3 is 15.3 Å². The van der Waals surface area contributed by atoms with Crippen molar-refractivity contribution >= 4 is 29.3 Å². The van der Waals surface area contributed by atoms with Crippen molar-refractivity contribution in [2.24, 2.45) is 0 Å². The number of hydrogen-bond acceptors (Lipinski definition) is 7. The lowest BCUT2D eigenvalue weighted by molar-refractivity contribution is -0.136. The van der Waals surface area contributed by atoms with Gasteiger partial charge in [-0.05, 0) is 18.6 Å². The maximum Gasteiger partial charge on any atom is 0.262 e. The van der Waals surface area contributed by atoms with Crippen LogP contribution in [0.1, 0.15) is 33.6 Å². The van der Waals surface area contributed by atoms with Crippen molar-refractivity contribution in [3.05, 3.63) is 29.1 Å². The quantitative estimate of drug-likeness (QED) is 0.566. The van der Waals surface area contributed by atoms with Gasteiger partial charge in [0.05, 0.1) is 29.5 Å². The van der Waals surface area contributed by atoms with Crippen molar-refractivity contribution in [3.63, 3.8) is 0 Å². The maximum atomic E-state index is 14.8. The number of amides is 4. The zero-order chi connectivity index (χ0) is 20.0. The molecule has 3 N–H and O–H groups in total. The van der Waals surface area contributed by atoms with E-state index in [2.05, 4.69) is 10.6 Å². The summed E-state index contributed by atoms with van der Waals surface area (Å²) in [4.78, 5) is 51.5. The standard InChI is InChI=1S/C18H19FN4O5/c19-12-5-10-11(6-14(12)22-4-3-20-7-9(22)8-24)18(28)23(17(10)27)13-1-2-15(25)21-16(13)26/h5-6,9,13,20,24H,1-4,7-8H2,(H,21,25,26). The minimum atomic E-state index is -1.10. The fourth-order valence-electron chi connectivity index (χ4n) is 3.94. The Labute approximate surface area is 159 Å². The molecule has 2 unspecified atom stereocenters. The molecule has 3 aliphatic heterocycles. The highest BCUT2D eigenvalue weighted by Crippen LogP contribution is 2.33. The van der Waals surface area contributed by atoms with Gasteiger partial charge in [-0.25, -0.2) is 4.39 Å². The molecule has 4 rings (SSSR count). The number of aliphatic hydroxyl groups excluding tert-OH is 1. The molecule has 148 valence electrons. The van der Waals surface area contributed by atoms with Crippen LogP contribution < -0.4 is 15.5 Å². The number of imide groups is 2. The summed E-state index contributed by atoms with van der Waals surface area (Å²) in [6, 6.07) is 0.860. The highest BCUT2D eigenvalue weighted by molar-refractivity contribution is 6.23. The third kappa shape index (κ3) is 2.85. The van der Waals surface area contributed by atoms with E-state index in [-0.39, 0.29) is 42.3 Å². The molecule has 0 aromatic heterocycles. The number of anilines is 1. The van der Waals surface area contributed by atoms with Gasteiger partial charge in [0, 0.05) is 26.1 Å².